The Balaban J connectivity index is 2.19. The van der Waals surface area contributed by atoms with Gasteiger partial charge in [-0.15, -0.1) is 0 Å². The number of hydrogen-bond donors (Lipinski definition) is 1. The molecule has 1 atom stereocenters. The molecule has 94 valence electrons. The average Bonchev–Trinajstić information content (AvgIpc) is 2.68. The van der Waals surface area contributed by atoms with Crippen molar-refractivity contribution in [2.75, 3.05) is 18.5 Å². The summed E-state index contributed by atoms with van der Waals surface area (Å²) < 4.78 is 42.5. The van der Waals surface area contributed by atoms with E-state index in [1.807, 2.05) is 0 Å². The molecule has 1 saturated heterocycles. The van der Waals surface area contributed by atoms with Crippen LogP contribution in [0.2, 0.25) is 5.28 Å². The van der Waals surface area contributed by atoms with Gasteiger partial charge in [0.25, 0.3) is 0 Å². The van der Waals surface area contributed by atoms with Crippen LogP contribution in [0, 0.1) is 0 Å². The molecule has 0 saturated carbocycles. The van der Waals surface area contributed by atoms with Gasteiger partial charge in [-0.25, -0.2) is 9.97 Å². The molecule has 1 aromatic rings. The fourth-order valence-corrected chi connectivity index (χ4v) is 1.68. The lowest BCUT2D eigenvalue weighted by Crippen LogP contribution is -2.20. The Labute approximate surface area is 100 Å². The first kappa shape index (κ1) is 12.4. The molecule has 1 aromatic heterocycles. The molecule has 4 nitrogen and oxygen atoms in total. The molecular weight excluding hydrogens is 259 g/mol. The minimum Gasteiger partial charge on any atom is -0.379 e. The van der Waals surface area contributed by atoms with Gasteiger partial charge in [0.2, 0.25) is 5.28 Å². The largest absolute Gasteiger partial charge is 0.433 e. The second kappa shape index (κ2) is 4.66. The van der Waals surface area contributed by atoms with Gasteiger partial charge in [0, 0.05) is 12.7 Å². The lowest BCUT2D eigenvalue weighted by molar-refractivity contribution is -0.141. The van der Waals surface area contributed by atoms with Crippen molar-refractivity contribution in [3.05, 3.63) is 17.0 Å². The van der Waals surface area contributed by atoms with Crippen molar-refractivity contribution in [3.63, 3.8) is 0 Å². The zero-order chi connectivity index (χ0) is 12.5. The smallest absolute Gasteiger partial charge is 0.379 e. The molecule has 1 aliphatic rings. The Morgan fingerprint density at radius 1 is 1.41 bits per heavy atom. The predicted molar refractivity (Wildman–Crippen MR) is 54.9 cm³/mol. The summed E-state index contributed by atoms with van der Waals surface area (Å²) in [5.74, 6) is 0.0628. The van der Waals surface area contributed by atoms with Crippen LogP contribution in [0.5, 0.6) is 0 Å². The molecule has 0 aliphatic carbocycles. The summed E-state index contributed by atoms with van der Waals surface area (Å²) in [6, 6.07) is 0.798. The van der Waals surface area contributed by atoms with E-state index in [0.29, 0.717) is 13.2 Å². The first-order valence-corrected chi connectivity index (χ1v) is 5.29. The molecule has 8 heteroatoms. The number of halogens is 4. The summed E-state index contributed by atoms with van der Waals surface area (Å²) in [6.07, 6.45) is -3.81. The van der Waals surface area contributed by atoms with Crippen LogP contribution < -0.4 is 5.32 Å². The van der Waals surface area contributed by atoms with Gasteiger partial charge in [-0.2, -0.15) is 13.2 Å². The number of alkyl halides is 3. The second-order valence-corrected chi connectivity index (χ2v) is 3.95. The van der Waals surface area contributed by atoms with Crippen molar-refractivity contribution in [1.82, 2.24) is 9.97 Å². The van der Waals surface area contributed by atoms with E-state index in [2.05, 4.69) is 15.3 Å². The van der Waals surface area contributed by atoms with Crippen molar-refractivity contribution >= 4 is 17.4 Å². The van der Waals surface area contributed by atoms with Crippen molar-refractivity contribution in [2.24, 2.45) is 0 Å². The zero-order valence-electron chi connectivity index (χ0n) is 8.59. The molecule has 0 amide bonds. The number of anilines is 1. The Bertz CT molecular complexity index is 407. The summed E-state index contributed by atoms with van der Waals surface area (Å²) in [7, 11) is 0. The average molecular weight is 268 g/mol. The minimum absolute atomic E-state index is 0.0398. The summed E-state index contributed by atoms with van der Waals surface area (Å²) >= 11 is 5.45. The van der Waals surface area contributed by atoms with Crippen molar-refractivity contribution in [2.45, 2.75) is 18.6 Å². The quantitative estimate of drug-likeness (QED) is 0.836. The van der Waals surface area contributed by atoms with E-state index in [-0.39, 0.29) is 11.9 Å². The zero-order valence-corrected chi connectivity index (χ0v) is 9.35. The molecule has 1 fully saturated rings. The fourth-order valence-electron chi connectivity index (χ4n) is 1.49. The fraction of sp³-hybridized carbons (Fsp3) is 0.556. The minimum atomic E-state index is -4.53. The highest BCUT2D eigenvalue weighted by atomic mass is 35.5. The molecule has 1 unspecified atom stereocenters. The number of ether oxygens (including phenoxy) is 1. The molecule has 0 aromatic carbocycles. The van der Waals surface area contributed by atoms with E-state index >= 15 is 0 Å². The van der Waals surface area contributed by atoms with Gasteiger partial charge < -0.3 is 10.1 Å². The molecule has 17 heavy (non-hydrogen) atoms. The number of aromatic nitrogens is 2. The van der Waals surface area contributed by atoms with Crippen LogP contribution in [0.1, 0.15) is 12.1 Å². The highest BCUT2D eigenvalue weighted by molar-refractivity contribution is 6.28. The van der Waals surface area contributed by atoms with E-state index in [4.69, 9.17) is 16.3 Å². The predicted octanol–water partition coefficient (Wildman–Crippen LogP) is 2.35. The Hall–Kier alpha value is -1.08. The van der Waals surface area contributed by atoms with E-state index in [9.17, 15) is 13.2 Å². The summed E-state index contributed by atoms with van der Waals surface area (Å²) in [6.45, 7) is 1.03. The van der Waals surface area contributed by atoms with Gasteiger partial charge in [-0.1, -0.05) is 0 Å². The summed E-state index contributed by atoms with van der Waals surface area (Å²) in [5, 5.41) is 2.40. The Morgan fingerprint density at radius 2 is 2.18 bits per heavy atom. The van der Waals surface area contributed by atoms with Gasteiger partial charge >= 0.3 is 6.18 Å². The van der Waals surface area contributed by atoms with Crippen LogP contribution in [-0.4, -0.2) is 29.2 Å². The van der Waals surface area contributed by atoms with E-state index in [1.54, 1.807) is 0 Å². The normalized spacial score (nSPS) is 20.6. The molecule has 1 N–H and O–H groups in total. The number of rotatable bonds is 2. The number of nitrogens with one attached hydrogen (secondary N) is 1. The molecule has 1 aliphatic heterocycles. The third-order valence-corrected chi connectivity index (χ3v) is 2.44. The molecule has 0 spiro atoms. The van der Waals surface area contributed by atoms with Crippen molar-refractivity contribution < 1.29 is 17.9 Å². The standard InChI is InChI=1S/C9H9ClF3N3O/c10-8-15-6(9(11,12)13)3-7(16-8)14-5-1-2-17-4-5/h3,5H,1-2,4H2,(H,14,15,16). The Morgan fingerprint density at radius 3 is 2.76 bits per heavy atom. The summed E-state index contributed by atoms with van der Waals surface area (Å²) in [5.41, 5.74) is -1.06. The maximum atomic E-state index is 12.5. The second-order valence-electron chi connectivity index (χ2n) is 3.61. The van der Waals surface area contributed by atoms with Crippen LogP contribution in [-0.2, 0) is 10.9 Å². The molecule has 0 bridgehead atoms. The van der Waals surface area contributed by atoms with Gasteiger partial charge in [0.15, 0.2) is 5.69 Å². The molecule has 2 rings (SSSR count). The molecular formula is C9H9ClF3N3O. The van der Waals surface area contributed by atoms with Gasteiger partial charge in [0.05, 0.1) is 12.6 Å². The highest BCUT2D eigenvalue weighted by Gasteiger charge is 2.33. The topological polar surface area (TPSA) is 47.0 Å². The van der Waals surface area contributed by atoms with Gasteiger partial charge in [-0.3, -0.25) is 0 Å². The third kappa shape index (κ3) is 3.19. The van der Waals surface area contributed by atoms with Crippen LogP contribution in [0.4, 0.5) is 19.0 Å². The van der Waals surface area contributed by atoms with Crippen LogP contribution in [0.25, 0.3) is 0 Å². The maximum absolute atomic E-state index is 12.5. The summed E-state index contributed by atoms with van der Waals surface area (Å²) in [4.78, 5) is 6.84. The molecule has 0 radical (unpaired) electrons. The van der Waals surface area contributed by atoms with Gasteiger partial charge in [0.1, 0.15) is 5.82 Å². The first-order valence-electron chi connectivity index (χ1n) is 4.91. The van der Waals surface area contributed by atoms with E-state index < -0.39 is 17.2 Å². The van der Waals surface area contributed by atoms with Crippen molar-refractivity contribution in [1.29, 1.82) is 0 Å². The number of hydrogen-bond acceptors (Lipinski definition) is 4. The van der Waals surface area contributed by atoms with Crippen LogP contribution in [0.3, 0.4) is 0 Å². The lowest BCUT2D eigenvalue weighted by Gasteiger charge is -2.13. The Kier molecular flexibility index (Phi) is 3.39. The monoisotopic (exact) mass is 267 g/mol. The maximum Gasteiger partial charge on any atom is 0.433 e. The van der Waals surface area contributed by atoms with Crippen LogP contribution in [0.15, 0.2) is 6.07 Å². The third-order valence-electron chi connectivity index (χ3n) is 2.27. The van der Waals surface area contributed by atoms with E-state index in [1.165, 1.54) is 0 Å². The van der Waals surface area contributed by atoms with Gasteiger partial charge in [-0.05, 0) is 18.0 Å². The molecule has 2 heterocycles. The highest BCUT2D eigenvalue weighted by Crippen LogP contribution is 2.29. The number of nitrogens with zero attached hydrogens (tertiary/aromatic N) is 2. The van der Waals surface area contributed by atoms with Crippen LogP contribution >= 0.6 is 11.6 Å². The SMILES string of the molecule is FC(F)(F)c1cc(NC2CCOC2)nc(Cl)n1. The van der Waals surface area contributed by atoms with Crippen molar-refractivity contribution in [3.8, 4) is 0 Å². The first-order chi connectivity index (χ1) is 7.95. The lowest BCUT2D eigenvalue weighted by atomic mass is 10.2. The van der Waals surface area contributed by atoms with E-state index in [0.717, 1.165) is 12.5 Å².